The monoisotopic (exact) mass is 240 g/mol. The van der Waals surface area contributed by atoms with Gasteiger partial charge in [0.2, 0.25) is 5.91 Å². The van der Waals surface area contributed by atoms with Gasteiger partial charge < -0.3 is 9.64 Å². The van der Waals surface area contributed by atoms with Crippen molar-refractivity contribution in [2.45, 2.75) is 38.1 Å². The second kappa shape index (κ2) is 5.49. The highest BCUT2D eigenvalue weighted by Crippen LogP contribution is 2.30. The zero-order chi connectivity index (χ0) is 12.3. The number of imide groups is 1. The van der Waals surface area contributed by atoms with Crippen molar-refractivity contribution in [3.63, 3.8) is 0 Å². The van der Waals surface area contributed by atoms with Crippen LogP contribution in [-0.4, -0.2) is 54.6 Å². The quantitative estimate of drug-likeness (QED) is 0.497. The Balaban J connectivity index is 1.72. The third kappa shape index (κ3) is 2.97. The number of hydrogen-bond acceptors (Lipinski definition) is 3. The number of carbonyl (C=O) groups excluding carboxylic acids is 2. The van der Waals surface area contributed by atoms with E-state index in [1.807, 2.05) is 0 Å². The van der Waals surface area contributed by atoms with Crippen molar-refractivity contribution in [3.05, 3.63) is 0 Å². The molecule has 1 saturated carbocycles. The lowest BCUT2D eigenvalue weighted by atomic mass is 10.2. The smallest absolute Gasteiger partial charge is 0.327 e. The first-order valence-electron chi connectivity index (χ1n) is 6.34. The number of urea groups is 1. The molecule has 3 amide bonds. The predicted molar refractivity (Wildman–Crippen MR) is 62.6 cm³/mol. The molecular formula is C12H20N2O3. The highest BCUT2D eigenvalue weighted by molar-refractivity contribution is 6.02. The summed E-state index contributed by atoms with van der Waals surface area (Å²) < 4.78 is 4.96. The van der Waals surface area contributed by atoms with Crippen molar-refractivity contribution >= 4 is 11.9 Å². The molecule has 0 atom stereocenters. The van der Waals surface area contributed by atoms with Crippen LogP contribution in [0.3, 0.4) is 0 Å². The molecule has 5 nitrogen and oxygen atoms in total. The van der Waals surface area contributed by atoms with Crippen LogP contribution in [0.25, 0.3) is 0 Å². The summed E-state index contributed by atoms with van der Waals surface area (Å²) in [5, 5.41) is 0. The lowest BCUT2D eigenvalue weighted by molar-refractivity contribution is -0.125. The fraction of sp³-hybridized carbons (Fsp3) is 0.833. The van der Waals surface area contributed by atoms with E-state index in [-0.39, 0.29) is 11.9 Å². The van der Waals surface area contributed by atoms with Crippen molar-refractivity contribution in [2.24, 2.45) is 0 Å². The molecule has 0 unspecified atom stereocenters. The van der Waals surface area contributed by atoms with Crippen LogP contribution in [0, 0.1) is 0 Å². The van der Waals surface area contributed by atoms with Gasteiger partial charge in [-0.2, -0.15) is 0 Å². The lowest BCUT2D eigenvalue weighted by Gasteiger charge is -2.16. The third-order valence-corrected chi connectivity index (χ3v) is 3.30. The van der Waals surface area contributed by atoms with E-state index in [0.29, 0.717) is 19.1 Å². The Morgan fingerprint density at radius 1 is 1.24 bits per heavy atom. The molecule has 2 rings (SSSR count). The Morgan fingerprint density at radius 2 is 2.00 bits per heavy atom. The van der Waals surface area contributed by atoms with Crippen molar-refractivity contribution < 1.29 is 14.3 Å². The minimum atomic E-state index is -0.0794. The summed E-state index contributed by atoms with van der Waals surface area (Å²) in [6, 6.07) is 0.259. The first-order valence-corrected chi connectivity index (χ1v) is 6.34. The summed E-state index contributed by atoms with van der Waals surface area (Å²) in [7, 11) is 1.68. The largest absolute Gasteiger partial charge is 0.385 e. The summed E-state index contributed by atoms with van der Waals surface area (Å²) in [6.45, 7) is 1.60. The number of amides is 3. The minimum absolute atomic E-state index is 0.0337. The number of carbonyl (C=O) groups is 2. The van der Waals surface area contributed by atoms with Gasteiger partial charge in [-0.25, -0.2) is 4.79 Å². The molecule has 2 fully saturated rings. The standard InChI is InChI=1S/C12H20N2O3/c1-17-8-4-2-3-7-13-11(15)9-14(12(13)16)10-5-6-10/h10H,2-9H2,1H3. The van der Waals surface area contributed by atoms with E-state index in [9.17, 15) is 9.59 Å². The first kappa shape index (κ1) is 12.4. The molecule has 0 N–H and O–H groups in total. The molecule has 96 valence electrons. The Morgan fingerprint density at radius 3 is 2.65 bits per heavy atom. The molecule has 0 aromatic carbocycles. The van der Waals surface area contributed by atoms with Crippen molar-refractivity contribution in [1.82, 2.24) is 9.80 Å². The Hall–Kier alpha value is -1.10. The third-order valence-electron chi connectivity index (χ3n) is 3.30. The summed E-state index contributed by atoms with van der Waals surface area (Å²) in [6.07, 6.45) is 4.97. The molecule has 1 aliphatic carbocycles. The molecule has 2 aliphatic rings. The average Bonchev–Trinajstić information content (AvgIpc) is 3.10. The van der Waals surface area contributed by atoms with E-state index in [1.165, 1.54) is 4.90 Å². The normalized spacial score (nSPS) is 20.5. The van der Waals surface area contributed by atoms with Gasteiger partial charge in [0, 0.05) is 26.3 Å². The van der Waals surface area contributed by atoms with Gasteiger partial charge in [0.05, 0.1) is 0 Å². The predicted octanol–water partition coefficient (Wildman–Crippen LogP) is 1.23. The van der Waals surface area contributed by atoms with Crippen molar-refractivity contribution in [3.8, 4) is 0 Å². The molecule has 17 heavy (non-hydrogen) atoms. The number of nitrogens with zero attached hydrogens (tertiary/aromatic N) is 2. The molecule has 0 spiro atoms. The van der Waals surface area contributed by atoms with E-state index in [4.69, 9.17) is 4.74 Å². The Bertz CT molecular complexity index is 302. The lowest BCUT2D eigenvalue weighted by Crippen LogP contribution is -2.34. The fourth-order valence-corrected chi connectivity index (χ4v) is 2.15. The first-order chi connectivity index (χ1) is 8.24. The van der Waals surface area contributed by atoms with Crippen LogP contribution in [0.5, 0.6) is 0 Å². The molecular weight excluding hydrogens is 220 g/mol. The highest BCUT2D eigenvalue weighted by atomic mass is 16.5. The van der Waals surface area contributed by atoms with Gasteiger partial charge >= 0.3 is 6.03 Å². The van der Waals surface area contributed by atoms with E-state index >= 15 is 0 Å². The summed E-state index contributed by atoms with van der Waals surface area (Å²) in [5.41, 5.74) is 0. The fourth-order valence-electron chi connectivity index (χ4n) is 2.15. The van der Waals surface area contributed by atoms with E-state index in [0.717, 1.165) is 38.7 Å². The Labute approximate surface area is 102 Å². The topological polar surface area (TPSA) is 49.9 Å². The van der Waals surface area contributed by atoms with E-state index < -0.39 is 0 Å². The number of methoxy groups -OCH3 is 1. The number of hydrogen-bond donors (Lipinski definition) is 0. The van der Waals surface area contributed by atoms with E-state index in [1.54, 1.807) is 12.0 Å². The van der Waals surface area contributed by atoms with Gasteiger partial charge in [0.1, 0.15) is 6.54 Å². The van der Waals surface area contributed by atoms with Crippen LogP contribution in [0.15, 0.2) is 0 Å². The molecule has 1 heterocycles. The molecule has 0 aromatic heterocycles. The summed E-state index contributed by atoms with van der Waals surface area (Å²) in [5.74, 6) is -0.0337. The maximum Gasteiger partial charge on any atom is 0.327 e. The zero-order valence-corrected chi connectivity index (χ0v) is 10.4. The molecule has 0 radical (unpaired) electrons. The van der Waals surface area contributed by atoms with Gasteiger partial charge in [-0.15, -0.1) is 0 Å². The molecule has 1 saturated heterocycles. The van der Waals surface area contributed by atoms with Gasteiger partial charge in [0.25, 0.3) is 0 Å². The van der Waals surface area contributed by atoms with Gasteiger partial charge in [-0.05, 0) is 32.1 Å². The summed E-state index contributed by atoms with van der Waals surface area (Å²) in [4.78, 5) is 26.7. The van der Waals surface area contributed by atoms with Crippen LogP contribution < -0.4 is 0 Å². The van der Waals surface area contributed by atoms with Crippen LogP contribution in [0.1, 0.15) is 32.1 Å². The van der Waals surface area contributed by atoms with Gasteiger partial charge in [-0.3, -0.25) is 9.69 Å². The maximum absolute atomic E-state index is 11.9. The molecule has 5 heteroatoms. The zero-order valence-electron chi connectivity index (χ0n) is 10.4. The highest BCUT2D eigenvalue weighted by Gasteiger charge is 2.43. The molecule has 0 bridgehead atoms. The van der Waals surface area contributed by atoms with Crippen molar-refractivity contribution in [2.75, 3.05) is 26.8 Å². The molecule has 0 aromatic rings. The van der Waals surface area contributed by atoms with E-state index in [2.05, 4.69) is 0 Å². The number of rotatable bonds is 7. The second-order valence-corrected chi connectivity index (χ2v) is 4.74. The number of ether oxygens (including phenoxy) is 1. The second-order valence-electron chi connectivity index (χ2n) is 4.74. The summed E-state index contributed by atoms with van der Waals surface area (Å²) >= 11 is 0. The van der Waals surface area contributed by atoms with Crippen LogP contribution >= 0.6 is 0 Å². The van der Waals surface area contributed by atoms with Gasteiger partial charge in [0.15, 0.2) is 0 Å². The Kier molecular flexibility index (Phi) is 3.99. The SMILES string of the molecule is COCCCCCN1C(=O)CN(C2CC2)C1=O. The van der Waals surface area contributed by atoms with Crippen LogP contribution in [0.4, 0.5) is 4.79 Å². The number of unbranched alkanes of at least 4 members (excludes halogenated alkanes) is 2. The van der Waals surface area contributed by atoms with Crippen LogP contribution in [-0.2, 0) is 9.53 Å². The maximum atomic E-state index is 11.9. The van der Waals surface area contributed by atoms with Crippen molar-refractivity contribution in [1.29, 1.82) is 0 Å². The average molecular weight is 240 g/mol. The molecule has 1 aliphatic heterocycles. The van der Waals surface area contributed by atoms with Gasteiger partial charge in [-0.1, -0.05) is 0 Å². The van der Waals surface area contributed by atoms with Crippen LogP contribution in [0.2, 0.25) is 0 Å². The minimum Gasteiger partial charge on any atom is -0.385 e.